The Morgan fingerprint density at radius 3 is 2.54 bits per heavy atom. The van der Waals surface area contributed by atoms with Crippen LogP contribution in [-0.4, -0.2) is 50.1 Å². The highest BCUT2D eigenvalue weighted by Crippen LogP contribution is 2.03. The van der Waals surface area contributed by atoms with Gasteiger partial charge in [-0.2, -0.15) is 11.8 Å². The van der Waals surface area contributed by atoms with Crippen molar-refractivity contribution in [3.63, 3.8) is 0 Å². The number of rotatable bonds is 10. The van der Waals surface area contributed by atoms with E-state index in [1.807, 2.05) is 11.8 Å². The predicted octanol–water partition coefficient (Wildman–Crippen LogP) is 1.16. The van der Waals surface area contributed by atoms with Gasteiger partial charge in [0.25, 0.3) is 0 Å². The molecule has 0 aliphatic rings. The van der Waals surface area contributed by atoms with Crippen LogP contribution in [0.1, 0.15) is 12.8 Å². The van der Waals surface area contributed by atoms with E-state index in [1.54, 1.807) is 7.11 Å². The maximum atomic E-state index is 8.51. The molecule has 0 atom stereocenters. The molecule has 0 aliphatic carbocycles. The Morgan fingerprint density at radius 2 is 1.85 bits per heavy atom. The fourth-order valence-corrected chi connectivity index (χ4v) is 1.64. The summed E-state index contributed by atoms with van der Waals surface area (Å²) in [7, 11) is 1.67. The molecule has 0 saturated carbocycles. The second-order valence-corrected chi connectivity index (χ2v) is 3.87. The number of hydrogen-bond donors (Lipinski definition) is 1. The second kappa shape index (κ2) is 12.2. The molecule has 13 heavy (non-hydrogen) atoms. The van der Waals surface area contributed by atoms with Crippen LogP contribution < -0.4 is 0 Å². The van der Waals surface area contributed by atoms with Gasteiger partial charge in [0.2, 0.25) is 0 Å². The maximum absolute atomic E-state index is 8.51. The zero-order valence-corrected chi connectivity index (χ0v) is 9.15. The molecule has 0 aromatic rings. The van der Waals surface area contributed by atoms with Gasteiger partial charge in [-0.3, -0.25) is 0 Å². The Kier molecular flexibility index (Phi) is 12.4. The van der Waals surface area contributed by atoms with Crippen molar-refractivity contribution in [3.05, 3.63) is 0 Å². The average Bonchev–Trinajstić information content (AvgIpc) is 2.16. The topological polar surface area (TPSA) is 38.7 Å². The van der Waals surface area contributed by atoms with Crippen molar-refractivity contribution in [3.8, 4) is 0 Å². The summed E-state index contributed by atoms with van der Waals surface area (Å²) in [6.45, 7) is 2.49. The molecule has 3 nitrogen and oxygen atoms in total. The third-order valence-electron chi connectivity index (χ3n) is 1.46. The molecule has 0 spiro atoms. The lowest BCUT2D eigenvalue weighted by atomic mass is 10.5. The minimum atomic E-state index is 0.303. The number of aliphatic hydroxyl groups excluding tert-OH is 1. The van der Waals surface area contributed by atoms with Crippen LogP contribution in [-0.2, 0) is 9.47 Å². The van der Waals surface area contributed by atoms with Crippen molar-refractivity contribution >= 4 is 11.8 Å². The van der Waals surface area contributed by atoms with Crippen LogP contribution in [0.2, 0.25) is 0 Å². The number of hydrogen-bond acceptors (Lipinski definition) is 4. The first-order chi connectivity index (χ1) is 6.41. The van der Waals surface area contributed by atoms with Gasteiger partial charge >= 0.3 is 0 Å². The van der Waals surface area contributed by atoms with E-state index in [-0.39, 0.29) is 0 Å². The third kappa shape index (κ3) is 12.2. The maximum Gasteiger partial charge on any atom is 0.0700 e. The molecule has 0 heterocycles. The number of thioether (sulfide) groups is 1. The van der Waals surface area contributed by atoms with Crippen molar-refractivity contribution in [2.45, 2.75) is 12.8 Å². The van der Waals surface area contributed by atoms with Gasteiger partial charge in [-0.15, -0.1) is 0 Å². The molecule has 0 aromatic carbocycles. The smallest absolute Gasteiger partial charge is 0.0700 e. The van der Waals surface area contributed by atoms with Crippen LogP contribution in [0, 0.1) is 0 Å². The molecular formula is C9H20O3S. The summed E-state index contributed by atoms with van der Waals surface area (Å²) in [5, 5.41) is 8.51. The van der Waals surface area contributed by atoms with E-state index < -0.39 is 0 Å². The largest absolute Gasteiger partial charge is 0.396 e. The van der Waals surface area contributed by atoms with E-state index in [2.05, 4.69) is 0 Å². The standard InChI is InChI=1S/C9H20O3S/c1-11-6-7-12-5-3-9-13-8-2-4-10/h10H,2-9H2,1H3. The highest BCUT2D eigenvalue weighted by molar-refractivity contribution is 7.99. The monoisotopic (exact) mass is 208 g/mol. The summed E-state index contributed by atoms with van der Waals surface area (Å²) in [4.78, 5) is 0. The molecule has 0 unspecified atom stereocenters. The molecule has 0 fully saturated rings. The van der Waals surface area contributed by atoms with Crippen molar-refractivity contribution in [2.75, 3.05) is 45.0 Å². The summed E-state index contributed by atoms with van der Waals surface area (Å²) >= 11 is 1.87. The van der Waals surface area contributed by atoms with Gasteiger partial charge in [-0.25, -0.2) is 0 Å². The van der Waals surface area contributed by atoms with Crippen LogP contribution >= 0.6 is 11.8 Å². The molecule has 0 aromatic heterocycles. The first-order valence-corrected chi connectivity index (χ1v) is 5.82. The van der Waals surface area contributed by atoms with Crippen LogP contribution in [0.3, 0.4) is 0 Å². The van der Waals surface area contributed by atoms with Crippen LogP contribution in [0.4, 0.5) is 0 Å². The van der Waals surface area contributed by atoms with Gasteiger partial charge in [0.15, 0.2) is 0 Å². The molecule has 80 valence electrons. The number of methoxy groups -OCH3 is 1. The Bertz CT molecular complexity index is 80.9. The van der Waals surface area contributed by atoms with Crippen LogP contribution in [0.5, 0.6) is 0 Å². The molecule has 0 aliphatic heterocycles. The zero-order valence-electron chi connectivity index (χ0n) is 8.33. The highest BCUT2D eigenvalue weighted by atomic mass is 32.2. The molecule has 0 radical (unpaired) electrons. The summed E-state index contributed by atoms with van der Waals surface area (Å²) in [6.07, 6.45) is 1.98. The fourth-order valence-electron chi connectivity index (χ4n) is 0.776. The van der Waals surface area contributed by atoms with E-state index in [1.165, 1.54) is 0 Å². The van der Waals surface area contributed by atoms with Crippen molar-refractivity contribution in [1.29, 1.82) is 0 Å². The minimum absolute atomic E-state index is 0.303. The van der Waals surface area contributed by atoms with Gasteiger partial charge in [0.1, 0.15) is 0 Å². The molecule has 0 rings (SSSR count). The average molecular weight is 208 g/mol. The van der Waals surface area contributed by atoms with Gasteiger partial charge in [0, 0.05) is 20.3 Å². The normalized spacial score (nSPS) is 10.6. The third-order valence-corrected chi connectivity index (χ3v) is 2.61. The minimum Gasteiger partial charge on any atom is -0.396 e. The molecule has 0 saturated heterocycles. The van der Waals surface area contributed by atoms with Gasteiger partial charge < -0.3 is 14.6 Å². The van der Waals surface area contributed by atoms with E-state index in [0.717, 1.165) is 31.0 Å². The molecule has 0 amide bonds. The Morgan fingerprint density at radius 1 is 1.08 bits per heavy atom. The Labute approximate surface area is 84.8 Å². The quantitative estimate of drug-likeness (QED) is 0.547. The van der Waals surface area contributed by atoms with E-state index in [9.17, 15) is 0 Å². The summed E-state index contributed by atoms with van der Waals surface area (Å²) in [5.74, 6) is 2.17. The predicted molar refractivity (Wildman–Crippen MR) is 56.3 cm³/mol. The SMILES string of the molecule is COCCOCCCSCCCO. The van der Waals surface area contributed by atoms with E-state index in [0.29, 0.717) is 19.8 Å². The van der Waals surface area contributed by atoms with E-state index in [4.69, 9.17) is 14.6 Å². The van der Waals surface area contributed by atoms with Gasteiger partial charge in [-0.1, -0.05) is 0 Å². The molecule has 1 N–H and O–H groups in total. The number of ether oxygens (including phenoxy) is 2. The molecule has 4 heteroatoms. The fraction of sp³-hybridized carbons (Fsp3) is 1.00. The lowest BCUT2D eigenvalue weighted by Crippen LogP contribution is -2.03. The highest BCUT2D eigenvalue weighted by Gasteiger charge is 1.90. The Hall–Kier alpha value is 0.230. The van der Waals surface area contributed by atoms with Crippen molar-refractivity contribution in [2.24, 2.45) is 0 Å². The van der Waals surface area contributed by atoms with Crippen molar-refractivity contribution in [1.82, 2.24) is 0 Å². The van der Waals surface area contributed by atoms with Crippen molar-refractivity contribution < 1.29 is 14.6 Å². The molecular weight excluding hydrogens is 188 g/mol. The lowest BCUT2D eigenvalue weighted by Gasteiger charge is -2.02. The van der Waals surface area contributed by atoms with E-state index >= 15 is 0 Å². The zero-order chi connectivity index (χ0) is 9.78. The Balaban J connectivity index is 2.76. The second-order valence-electron chi connectivity index (χ2n) is 2.65. The number of aliphatic hydroxyl groups is 1. The first kappa shape index (κ1) is 13.2. The van der Waals surface area contributed by atoms with Gasteiger partial charge in [-0.05, 0) is 24.3 Å². The molecule has 0 bridgehead atoms. The van der Waals surface area contributed by atoms with Crippen LogP contribution in [0.15, 0.2) is 0 Å². The summed E-state index contributed by atoms with van der Waals surface area (Å²) in [5.41, 5.74) is 0. The summed E-state index contributed by atoms with van der Waals surface area (Å²) < 4.78 is 10.1. The summed E-state index contributed by atoms with van der Waals surface area (Å²) in [6, 6.07) is 0. The van der Waals surface area contributed by atoms with Crippen LogP contribution in [0.25, 0.3) is 0 Å². The lowest BCUT2D eigenvalue weighted by molar-refractivity contribution is 0.0713. The van der Waals surface area contributed by atoms with Gasteiger partial charge in [0.05, 0.1) is 13.2 Å². The first-order valence-electron chi connectivity index (χ1n) is 4.67.